The SMILES string of the molecule is CC(C)CCOC(=O)CCCCCCCCCCCCC(=O)OCCC(C)C. The molecule has 0 heterocycles. The van der Waals surface area contributed by atoms with Gasteiger partial charge in [0.05, 0.1) is 13.2 Å². The Morgan fingerprint density at radius 1 is 0.536 bits per heavy atom. The third kappa shape index (κ3) is 21.2. The van der Waals surface area contributed by atoms with Crippen molar-refractivity contribution >= 4 is 11.9 Å². The van der Waals surface area contributed by atoms with E-state index in [2.05, 4.69) is 27.7 Å². The Bertz CT molecular complexity index is 341. The molecule has 0 saturated carbocycles. The van der Waals surface area contributed by atoms with Gasteiger partial charge in [-0.1, -0.05) is 79.1 Å². The van der Waals surface area contributed by atoms with Crippen LogP contribution in [0.2, 0.25) is 0 Å². The second-order valence-electron chi connectivity index (χ2n) is 8.84. The van der Waals surface area contributed by atoms with Crippen molar-refractivity contribution in [1.29, 1.82) is 0 Å². The van der Waals surface area contributed by atoms with Crippen molar-refractivity contribution in [1.82, 2.24) is 0 Å². The van der Waals surface area contributed by atoms with Gasteiger partial charge in [-0.25, -0.2) is 0 Å². The van der Waals surface area contributed by atoms with Gasteiger partial charge in [0.1, 0.15) is 0 Å². The molecule has 0 radical (unpaired) electrons. The monoisotopic (exact) mass is 398 g/mol. The molecule has 0 atom stereocenters. The molecule has 0 aliphatic carbocycles. The van der Waals surface area contributed by atoms with Crippen molar-refractivity contribution in [2.75, 3.05) is 13.2 Å². The molecule has 0 aromatic rings. The van der Waals surface area contributed by atoms with E-state index in [1.54, 1.807) is 0 Å². The first-order chi connectivity index (χ1) is 13.4. The highest BCUT2D eigenvalue weighted by molar-refractivity contribution is 5.69. The molecule has 0 aromatic heterocycles. The average Bonchev–Trinajstić information content (AvgIpc) is 2.62. The fraction of sp³-hybridized carbons (Fsp3) is 0.917. The number of rotatable bonds is 19. The van der Waals surface area contributed by atoms with E-state index >= 15 is 0 Å². The third-order valence-corrected chi connectivity index (χ3v) is 4.93. The Hall–Kier alpha value is -1.06. The van der Waals surface area contributed by atoms with Crippen LogP contribution in [0.25, 0.3) is 0 Å². The lowest BCUT2D eigenvalue weighted by Gasteiger charge is -2.07. The standard InChI is InChI=1S/C24H46O4/c1-21(2)17-19-27-23(25)15-13-11-9-7-5-6-8-10-12-14-16-24(26)28-20-18-22(3)4/h21-22H,5-20H2,1-4H3. The molecule has 0 bridgehead atoms. The summed E-state index contributed by atoms with van der Waals surface area (Å²) in [5.41, 5.74) is 0. The van der Waals surface area contributed by atoms with Gasteiger partial charge in [0.2, 0.25) is 0 Å². The van der Waals surface area contributed by atoms with Crippen molar-refractivity contribution in [2.24, 2.45) is 11.8 Å². The van der Waals surface area contributed by atoms with Crippen LogP contribution in [0, 0.1) is 11.8 Å². The van der Waals surface area contributed by atoms with E-state index < -0.39 is 0 Å². The molecule has 0 aliphatic heterocycles. The van der Waals surface area contributed by atoms with Crippen LogP contribution < -0.4 is 0 Å². The summed E-state index contributed by atoms with van der Waals surface area (Å²) in [5, 5.41) is 0. The maximum atomic E-state index is 11.6. The van der Waals surface area contributed by atoms with E-state index in [1.165, 1.54) is 38.5 Å². The van der Waals surface area contributed by atoms with E-state index in [9.17, 15) is 9.59 Å². The van der Waals surface area contributed by atoms with Gasteiger partial charge in [-0.05, 0) is 37.5 Å². The molecular weight excluding hydrogens is 352 g/mol. The lowest BCUT2D eigenvalue weighted by Crippen LogP contribution is -2.07. The lowest BCUT2D eigenvalue weighted by atomic mass is 10.1. The van der Waals surface area contributed by atoms with Gasteiger partial charge < -0.3 is 9.47 Å². The predicted octanol–water partition coefficient (Wildman–Crippen LogP) is 6.85. The highest BCUT2D eigenvalue weighted by Gasteiger charge is 2.04. The quantitative estimate of drug-likeness (QED) is 0.176. The van der Waals surface area contributed by atoms with Crippen molar-refractivity contribution < 1.29 is 19.1 Å². The van der Waals surface area contributed by atoms with Crippen LogP contribution in [0.15, 0.2) is 0 Å². The van der Waals surface area contributed by atoms with Crippen LogP contribution >= 0.6 is 0 Å². The molecule has 4 heteroatoms. The van der Waals surface area contributed by atoms with E-state index in [1.807, 2.05) is 0 Å². The van der Waals surface area contributed by atoms with Gasteiger partial charge in [-0.3, -0.25) is 9.59 Å². The highest BCUT2D eigenvalue weighted by Crippen LogP contribution is 2.13. The van der Waals surface area contributed by atoms with Crippen molar-refractivity contribution in [3.05, 3.63) is 0 Å². The van der Waals surface area contributed by atoms with Crippen LogP contribution in [0.5, 0.6) is 0 Å². The Kier molecular flexibility index (Phi) is 18.5. The van der Waals surface area contributed by atoms with Crippen LogP contribution in [-0.2, 0) is 19.1 Å². The first-order valence-corrected chi connectivity index (χ1v) is 11.7. The molecule has 0 amide bonds. The van der Waals surface area contributed by atoms with Gasteiger partial charge in [0.15, 0.2) is 0 Å². The summed E-state index contributed by atoms with van der Waals surface area (Å²) in [7, 11) is 0. The summed E-state index contributed by atoms with van der Waals surface area (Å²) in [4.78, 5) is 23.1. The number of hydrogen-bond donors (Lipinski definition) is 0. The number of carbonyl (C=O) groups is 2. The van der Waals surface area contributed by atoms with Gasteiger partial charge in [-0.2, -0.15) is 0 Å². The minimum atomic E-state index is -0.0375. The Morgan fingerprint density at radius 3 is 1.11 bits per heavy atom. The molecule has 0 aromatic carbocycles. The molecular formula is C24H46O4. The molecule has 4 nitrogen and oxygen atoms in total. The summed E-state index contributed by atoms with van der Waals surface area (Å²) in [6.45, 7) is 9.68. The first kappa shape index (κ1) is 26.9. The number of esters is 2. The Labute approximate surface area is 174 Å². The third-order valence-electron chi connectivity index (χ3n) is 4.93. The minimum absolute atomic E-state index is 0.0375. The summed E-state index contributed by atoms with van der Waals surface area (Å²) < 4.78 is 10.4. The van der Waals surface area contributed by atoms with Gasteiger partial charge in [0.25, 0.3) is 0 Å². The smallest absolute Gasteiger partial charge is 0.305 e. The molecule has 28 heavy (non-hydrogen) atoms. The second-order valence-corrected chi connectivity index (χ2v) is 8.84. The molecule has 0 N–H and O–H groups in total. The fourth-order valence-electron chi connectivity index (χ4n) is 2.91. The van der Waals surface area contributed by atoms with E-state index in [-0.39, 0.29) is 11.9 Å². The second kappa shape index (κ2) is 19.3. The molecule has 0 unspecified atom stereocenters. The molecule has 0 spiro atoms. The highest BCUT2D eigenvalue weighted by atomic mass is 16.5. The maximum absolute atomic E-state index is 11.6. The molecule has 0 rings (SSSR count). The van der Waals surface area contributed by atoms with Crippen molar-refractivity contribution in [3.63, 3.8) is 0 Å². The molecule has 0 aliphatic rings. The van der Waals surface area contributed by atoms with Crippen LogP contribution in [0.3, 0.4) is 0 Å². The van der Waals surface area contributed by atoms with E-state index in [4.69, 9.17) is 9.47 Å². The van der Waals surface area contributed by atoms with Crippen LogP contribution in [-0.4, -0.2) is 25.2 Å². The zero-order valence-corrected chi connectivity index (χ0v) is 19.1. The van der Waals surface area contributed by atoms with Gasteiger partial charge in [0, 0.05) is 12.8 Å². The van der Waals surface area contributed by atoms with Crippen LogP contribution in [0.4, 0.5) is 0 Å². The molecule has 0 fully saturated rings. The largest absolute Gasteiger partial charge is 0.466 e. The topological polar surface area (TPSA) is 52.6 Å². The fourth-order valence-corrected chi connectivity index (χ4v) is 2.91. The van der Waals surface area contributed by atoms with Crippen molar-refractivity contribution in [2.45, 2.75) is 118 Å². The molecule has 0 saturated heterocycles. The Morgan fingerprint density at radius 2 is 0.821 bits per heavy atom. The number of hydrogen-bond acceptors (Lipinski definition) is 4. The normalized spacial score (nSPS) is 11.2. The van der Waals surface area contributed by atoms with Crippen LogP contribution in [0.1, 0.15) is 118 Å². The molecule has 166 valence electrons. The summed E-state index contributed by atoms with van der Waals surface area (Å²) in [6.07, 6.45) is 14.7. The lowest BCUT2D eigenvalue weighted by molar-refractivity contribution is -0.145. The van der Waals surface area contributed by atoms with Crippen molar-refractivity contribution in [3.8, 4) is 0 Å². The van der Waals surface area contributed by atoms with E-state index in [0.717, 1.165) is 38.5 Å². The average molecular weight is 399 g/mol. The summed E-state index contributed by atoms with van der Waals surface area (Å²) in [6, 6.07) is 0. The minimum Gasteiger partial charge on any atom is -0.466 e. The number of unbranched alkanes of at least 4 members (excludes halogenated alkanes) is 9. The van der Waals surface area contributed by atoms with Gasteiger partial charge in [-0.15, -0.1) is 0 Å². The zero-order valence-electron chi connectivity index (χ0n) is 19.1. The Balaban J connectivity index is 3.23. The van der Waals surface area contributed by atoms with E-state index in [0.29, 0.717) is 37.9 Å². The summed E-state index contributed by atoms with van der Waals surface area (Å²) in [5.74, 6) is 1.10. The first-order valence-electron chi connectivity index (χ1n) is 11.7. The summed E-state index contributed by atoms with van der Waals surface area (Å²) >= 11 is 0. The zero-order chi connectivity index (χ0) is 21.0. The number of carbonyl (C=O) groups excluding carboxylic acids is 2. The predicted molar refractivity (Wildman–Crippen MR) is 116 cm³/mol. The number of ether oxygens (including phenoxy) is 2. The maximum Gasteiger partial charge on any atom is 0.305 e. The van der Waals surface area contributed by atoms with Gasteiger partial charge >= 0.3 is 11.9 Å².